The minimum absolute atomic E-state index is 0. The molecular weight excluding hydrogens is 423 g/mol. The van der Waals surface area contributed by atoms with Crippen LogP contribution in [0.2, 0.25) is 0 Å². The van der Waals surface area contributed by atoms with Gasteiger partial charge < -0.3 is 24.6 Å². The summed E-state index contributed by atoms with van der Waals surface area (Å²) >= 11 is 0. The van der Waals surface area contributed by atoms with Crippen LogP contribution in [0.3, 0.4) is 0 Å². The normalized spacial score (nSPS) is 19.8. The van der Waals surface area contributed by atoms with Crippen LogP contribution in [0.1, 0.15) is 39.8 Å². The molecule has 2 aliphatic heterocycles. The summed E-state index contributed by atoms with van der Waals surface area (Å²) in [5, 5.41) is 12.7. The number of amides is 2. The molecule has 3 heterocycles. The van der Waals surface area contributed by atoms with Gasteiger partial charge in [0.2, 0.25) is 5.43 Å². The van der Waals surface area contributed by atoms with E-state index in [2.05, 4.69) is 5.32 Å². The average Bonchev–Trinajstić information content (AvgIpc) is 2.69. The molecule has 159 valence electrons. The van der Waals surface area contributed by atoms with Crippen molar-refractivity contribution in [2.24, 2.45) is 0 Å². The quantitative estimate of drug-likeness (QED) is 0.691. The van der Waals surface area contributed by atoms with E-state index >= 15 is 0 Å². The van der Waals surface area contributed by atoms with Gasteiger partial charge in [0.05, 0.1) is 13.2 Å². The first-order valence-corrected chi connectivity index (χ1v) is 9.40. The van der Waals surface area contributed by atoms with E-state index in [1.54, 1.807) is 0 Å². The van der Waals surface area contributed by atoms with Gasteiger partial charge in [-0.3, -0.25) is 14.4 Å². The number of hydrogen-bond donors (Lipinski definition) is 2. The first-order valence-electron chi connectivity index (χ1n) is 9.40. The molecule has 8 nitrogen and oxygen atoms in total. The van der Waals surface area contributed by atoms with Gasteiger partial charge in [-0.25, -0.2) is 8.78 Å². The van der Waals surface area contributed by atoms with Gasteiger partial charge in [0.15, 0.2) is 17.7 Å². The molecule has 2 unspecified atom stereocenters. The van der Waals surface area contributed by atoms with Gasteiger partial charge in [0.25, 0.3) is 11.8 Å². The van der Waals surface area contributed by atoms with Crippen LogP contribution in [0.4, 0.5) is 8.78 Å². The molecule has 1 saturated heterocycles. The number of aromatic hydroxyl groups is 1. The van der Waals surface area contributed by atoms with Crippen LogP contribution in [0, 0.1) is 11.6 Å². The maximum atomic E-state index is 13.8. The predicted octanol–water partition coefficient (Wildman–Crippen LogP) is 0.972. The second kappa shape index (κ2) is 9.07. The fourth-order valence-electron chi connectivity index (χ4n) is 3.76. The number of ether oxygens (including phenoxy) is 1. The van der Waals surface area contributed by atoms with E-state index in [1.165, 1.54) is 21.7 Å². The molecule has 11 heteroatoms. The summed E-state index contributed by atoms with van der Waals surface area (Å²) in [7, 11) is 0. The second-order valence-electron chi connectivity index (χ2n) is 7.32. The molecule has 0 bridgehead atoms. The molecule has 0 spiro atoms. The zero-order valence-electron chi connectivity index (χ0n) is 17.0. The molecule has 2 N–H and O–H groups in total. The monoisotopic (exact) mass is 442 g/mol. The summed E-state index contributed by atoms with van der Waals surface area (Å²) in [5.41, 5.74) is -1.57. The van der Waals surface area contributed by atoms with Crippen molar-refractivity contribution in [3.05, 3.63) is 63.1 Å². The Morgan fingerprint density at radius 2 is 2.06 bits per heavy atom. The molecular formula is C20H19F2N3NaO5. The van der Waals surface area contributed by atoms with E-state index < -0.39 is 46.4 Å². The zero-order chi connectivity index (χ0) is 21.6. The molecule has 1 fully saturated rings. The predicted molar refractivity (Wildman–Crippen MR) is 106 cm³/mol. The van der Waals surface area contributed by atoms with E-state index in [-0.39, 0.29) is 59.9 Å². The molecule has 1 aromatic carbocycles. The van der Waals surface area contributed by atoms with Crippen molar-refractivity contribution in [3.8, 4) is 5.75 Å². The molecule has 2 aliphatic rings. The second-order valence-corrected chi connectivity index (χ2v) is 7.32. The SMILES string of the molecule is CC1CCOC2Cn3cc(C(=O)NCc4ccc(F)cc4F)c(=O)c(O)c3C(=O)N12.[Na]. The van der Waals surface area contributed by atoms with Crippen LogP contribution in [-0.4, -0.2) is 74.8 Å². The number of nitrogens with one attached hydrogen (secondary N) is 1. The number of aromatic nitrogens is 1. The van der Waals surface area contributed by atoms with E-state index in [0.717, 1.165) is 6.07 Å². The van der Waals surface area contributed by atoms with Gasteiger partial charge >= 0.3 is 0 Å². The first kappa shape index (κ1) is 23.4. The van der Waals surface area contributed by atoms with Crippen LogP contribution in [-0.2, 0) is 17.8 Å². The molecule has 31 heavy (non-hydrogen) atoms. The number of fused-ring (bicyclic) bond motifs is 2. The Kier molecular flexibility index (Phi) is 6.85. The van der Waals surface area contributed by atoms with Crippen molar-refractivity contribution < 1.29 is 28.2 Å². The average molecular weight is 442 g/mol. The first-order chi connectivity index (χ1) is 14.3. The van der Waals surface area contributed by atoms with Crippen LogP contribution >= 0.6 is 0 Å². The smallest absolute Gasteiger partial charge is 0.276 e. The van der Waals surface area contributed by atoms with Crippen LogP contribution < -0.4 is 10.7 Å². The number of hydrogen-bond acceptors (Lipinski definition) is 5. The van der Waals surface area contributed by atoms with Gasteiger partial charge in [-0.1, -0.05) is 6.07 Å². The largest absolute Gasteiger partial charge is 0.503 e. The van der Waals surface area contributed by atoms with E-state index in [4.69, 9.17) is 4.74 Å². The van der Waals surface area contributed by atoms with Crippen molar-refractivity contribution in [3.63, 3.8) is 0 Å². The number of rotatable bonds is 3. The van der Waals surface area contributed by atoms with Crippen LogP contribution in [0.15, 0.2) is 29.2 Å². The summed E-state index contributed by atoms with van der Waals surface area (Å²) in [4.78, 5) is 39.4. The molecule has 1 radical (unpaired) electrons. The number of halogens is 2. The van der Waals surface area contributed by atoms with Gasteiger partial charge in [-0.05, 0) is 19.4 Å². The van der Waals surface area contributed by atoms with Gasteiger partial charge in [-0.2, -0.15) is 0 Å². The Morgan fingerprint density at radius 1 is 1.32 bits per heavy atom. The molecule has 2 aromatic rings. The molecule has 2 amide bonds. The third-order valence-corrected chi connectivity index (χ3v) is 5.38. The van der Waals surface area contributed by atoms with Crippen LogP contribution in [0.25, 0.3) is 0 Å². The topological polar surface area (TPSA) is 101 Å². The Hall–Kier alpha value is -2.27. The Labute approximate surface area is 198 Å². The van der Waals surface area contributed by atoms with Gasteiger partial charge in [-0.15, -0.1) is 0 Å². The Bertz CT molecular complexity index is 1110. The van der Waals surface area contributed by atoms with Gasteiger partial charge in [0.1, 0.15) is 17.2 Å². The number of pyridine rings is 1. The summed E-state index contributed by atoms with van der Waals surface area (Å²) in [6, 6.07) is 2.79. The standard InChI is InChI=1S/C20H19F2N3O5.Na/c1-10-4-5-30-15-9-24-8-13(17(26)18(27)16(24)20(29)25(10)15)19(28)23-7-11-2-3-12(21)6-14(11)22;/h2-3,6,8,10,15,27H,4-5,7,9H2,1H3,(H,23,28);. The van der Waals surface area contributed by atoms with Crippen molar-refractivity contribution in [1.82, 2.24) is 14.8 Å². The number of benzene rings is 1. The van der Waals surface area contributed by atoms with Crippen molar-refractivity contribution in [2.45, 2.75) is 38.7 Å². The number of carbonyl (C=O) groups excluding carboxylic acids is 2. The summed E-state index contributed by atoms with van der Waals surface area (Å²) in [5.74, 6) is -3.82. The molecule has 4 rings (SSSR count). The number of nitrogens with zero attached hydrogens (tertiary/aromatic N) is 2. The third-order valence-electron chi connectivity index (χ3n) is 5.38. The minimum Gasteiger partial charge on any atom is -0.503 e. The maximum absolute atomic E-state index is 13.8. The van der Waals surface area contributed by atoms with Crippen molar-refractivity contribution in [2.75, 3.05) is 6.61 Å². The summed E-state index contributed by atoms with van der Waals surface area (Å²) in [6.45, 7) is 2.18. The van der Waals surface area contributed by atoms with Crippen LogP contribution in [0.5, 0.6) is 5.75 Å². The Morgan fingerprint density at radius 3 is 2.77 bits per heavy atom. The molecule has 2 atom stereocenters. The van der Waals surface area contributed by atoms with Gasteiger partial charge in [0, 0.05) is 60.0 Å². The Balaban J connectivity index is 0.00000272. The van der Waals surface area contributed by atoms with E-state index in [1.807, 2.05) is 6.92 Å². The van der Waals surface area contributed by atoms with Crippen molar-refractivity contribution in [1.29, 1.82) is 0 Å². The molecule has 0 aliphatic carbocycles. The third kappa shape index (κ3) is 4.25. The van der Waals surface area contributed by atoms with Crippen molar-refractivity contribution >= 4 is 41.4 Å². The minimum atomic E-state index is -1.00. The molecule has 1 aromatic heterocycles. The summed E-state index contributed by atoms with van der Waals surface area (Å²) in [6.07, 6.45) is 1.25. The van der Waals surface area contributed by atoms with E-state index in [0.29, 0.717) is 19.1 Å². The fourth-order valence-corrected chi connectivity index (χ4v) is 3.76. The molecule has 0 saturated carbocycles. The maximum Gasteiger partial charge on any atom is 0.276 e. The number of carbonyl (C=O) groups is 2. The zero-order valence-corrected chi connectivity index (χ0v) is 19.0. The fraction of sp³-hybridized carbons (Fsp3) is 0.350. The summed E-state index contributed by atoms with van der Waals surface area (Å²) < 4.78 is 33.7. The van der Waals surface area contributed by atoms with E-state index in [9.17, 15) is 28.3 Å².